The maximum atomic E-state index is 14.1. The Morgan fingerprint density at radius 3 is 2.63 bits per heavy atom. The number of methoxy groups -OCH3 is 1. The van der Waals surface area contributed by atoms with Crippen LogP contribution in [0.3, 0.4) is 0 Å². The maximum absolute atomic E-state index is 14.1. The lowest BCUT2D eigenvalue weighted by Gasteiger charge is -2.19. The van der Waals surface area contributed by atoms with Crippen molar-refractivity contribution in [2.24, 2.45) is 0 Å². The maximum Gasteiger partial charge on any atom is 0.303 e. The molecule has 0 saturated heterocycles. The molecular weight excluding hydrogens is 254 g/mol. The second-order valence-electron chi connectivity index (χ2n) is 4.51. The van der Waals surface area contributed by atoms with E-state index in [1.807, 2.05) is 0 Å². The minimum atomic E-state index is -3.00. The van der Waals surface area contributed by atoms with Crippen LogP contribution in [0.5, 0.6) is 5.75 Å². The number of aryl methyl sites for hydroxylation is 1. The van der Waals surface area contributed by atoms with Gasteiger partial charge < -0.3 is 9.84 Å². The van der Waals surface area contributed by atoms with Crippen molar-refractivity contribution in [1.29, 1.82) is 0 Å². The van der Waals surface area contributed by atoms with Crippen LogP contribution in [0.4, 0.5) is 8.78 Å². The van der Waals surface area contributed by atoms with Crippen LogP contribution in [0.1, 0.15) is 36.8 Å². The van der Waals surface area contributed by atoms with Gasteiger partial charge in [-0.15, -0.1) is 0 Å². The number of carbonyl (C=O) groups is 1. The topological polar surface area (TPSA) is 46.5 Å². The molecule has 1 aromatic rings. The summed E-state index contributed by atoms with van der Waals surface area (Å²) in [5.41, 5.74) is 0.603. The van der Waals surface area contributed by atoms with Crippen LogP contribution in [0, 0.1) is 6.92 Å². The summed E-state index contributed by atoms with van der Waals surface area (Å²) in [5, 5.41) is 8.47. The van der Waals surface area contributed by atoms with Crippen molar-refractivity contribution in [3.05, 3.63) is 29.3 Å². The zero-order valence-electron chi connectivity index (χ0n) is 11.1. The van der Waals surface area contributed by atoms with E-state index >= 15 is 0 Å². The number of halogens is 2. The molecule has 106 valence electrons. The molecule has 0 saturated carbocycles. The fourth-order valence-electron chi connectivity index (χ4n) is 1.87. The fraction of sp³-hybridized carbons (Fsp3) is 0.500. The van der Waals surface area contributed by atoms with Crippen LogP contribution < -0.4 is 4.74 Å². The highest BCUT2D eigenvalue weighted by Gasteiger charge is 2.34. The van der Waals surface area contributed by atoms with E-state index in [1.165, 1.54) is 19.2 Å². The van der Waals surface area contributed by atoms with Gasteiger partial charge in [-0.05, 0) is 31.9 Å². The molecule has 0 heterocycles. The molecule has 0 fully saturated rings. The van der Waals surface area contributed by atoms with Crippen molar-refractivity contribution in [2.75, 3.05) is 7.11 Å². The molecule has 1 N–H and O–H groups in total. The third-order valence-electron chi connectivity index (χ3n) is 2.88. The molecule has 0 aromatic heterocycles. The Hall–Kier alpha value is -1.65. The predicted molar refractivity (Wildman–Crippen MR) is 67.7 cm³/mol. The van der Waals surface area contributed by atoms with Crippen LogP contribution in [0.25, 0.3) is 0 Å². The first-order chi connectivity index (χ1) is 8.86. The van der Waals surface area contributed by atoms with E-state index in [-0.39, 0.29) is 37.0 Å². The van der Waals surface area contributed by atoms with Gasteiger partial charge in [0.05, 0.1) is 12.7 Å². The largest absolute Gasteiger partial charge is 0.496 e. The van der Waals surface area contributed by atoms with Gasteiger partial charge in [0.2, 0.25) is 0 Å². The first-order valence-corrected chi connectivity index (χ1v) is 6.11. The van der Waals surface area contributed by atoms with Crippen molar-refractivity contribution in [3.8, 4) is 5.75 Å². The summed E-state index contributed by atoms with van der Waals surface area (Å²) >= 11 is 0. The number of hydrogen-bond donors (Lipinski definition) is 1. The highest BCUT2D eigenvalue weighted by Crippen LogP contribution is 2.39. The quantitative estimate of drug-likeness (QED) is 0.769. The third kappa shape index (κ3) is 4.50. The fourth-order valence-corrected chi connectivity index (χ4v) is 1.87. The zero-order valence-corrected chi connectivity index (χ0v) is 11.1. The number of ether oxygens (including phenoxy) is 1. The first kappa shape index (κ1) is 15.4. The Morgan fingerprint density at radius 2 is 2.05 bits per heavy atom. The standard InChI is InChI=1S/C14H18F2O3/c1-10-6-7-12(19-2)11(9-10)14(15,16)8-4-3-5-13(17)18/h6-7,9H,3-5,8H2,1-2H3,(H,17,18). The summed E-state index contributed by atoms with van der Waals surface area (Å²) in [7, 11) is 1.36. The number of benzene rings is 1. The molecule has 0 unspecified atom stereocenters. The summed E-state index contributed by atoms with van der Waals surface area (Å²) in [5.74, 6) is -3.80. The van der Waals surface area contributed by atoms with Crippen molar-refractivity contribution in [1.82, 2.24) is 0 Å². The lowest BCUT2D eigenvalue weighted by molar-refractivity contribution is -0.137. The van der Waals surface area contributed by atoms with E-state index in [9.17, 15) is 13.6 Å². The van der Waals surface area contributed by atoms with E-state index in [4.69, 9.17) is 9.84 Å². The Kier molecular flexibility index (Phi) is 5.27. The molecule has 5 heteroatoms. The number of carboxylic acid groups (broad SMARTS) is 1. The number of rotatable bonds is 7. The van der Waals surface area contributed by atoms with Gasteiger partial charge in [-0.1, -0.05) is 11.6 Å². The number of unbranched alkanes of at least 4 members (excludes halogenated alkanes) is 1. The molecule has 19 heavy (non-hydrogen) atoms. The van der Waals surface area contributed by atoms with Gasteiger partial charge >= 0.3 is 5.97 Å². The van der Waals surface area contributed by atoms with E-state index < -0.39 is 11.9 Å². The molecule has 0 atom stereocenters. The lowest BCUT2D eigenvalue weighted by Crippen LogP contribution is -2.15. The summed E-state index contributed by atoms with van der Waals surface area (Å²) in [6.07, 6.45) is -0.0451. The molecule has 0 amide bonds. The van der Waals surface area contributed by atoms with Gasteiger partial charge in [-0.25, -0.2) is 8.78 Å². The van der Waals surface area contributed by atoms with Crippen molar-refractivity contribution in [3.63, 3.8) is 0 Å². The number of alkyl halides is 2. The summed E-state index contributed by atoms with van der Waals surface area (Å²) < 4.78 is 33.1. The van der Waals surface area contributed by atoms with Gasteiger partial charge in [0.15, 0.2) is 0 Å². The second-order valence-corrected chi connectivity index (χ2v) is 4.51. The summed E-state index contributed by atoms with van der Waals surface area (Å²) in [6, 6.07) is 4.65. The molecule has 0 aliphatic carbocycles. The Morgan fingerprint density at radius 1 is 1.37 bits per heavy atom. The predicted octanol–water partition coefficient (Wildman–Crippen LogP) is 3.74. The Balaban J connectivity index is 2.75. The monoisotopic (exact) mass is 272 g/mol. The second kappa shape index (κ2) is 6.50. The van der Waals surface area contributed by atoms with Crippen LogP contribution in [0.2, 0.25) is 0 Å². The Bertz CT molecular complexity index is 444. The SMILES string of the molecule is COc1ccc(C)cc1C(F)(F)CCCCC(=O)O. The van der Waals surface area contributed by atoms with Gasteiger partial charge in [0.25, 0.3) is 5.92 Å². The molecule has 0 aliphatic heterocycles. The lowest BCUT2D eigenvalue weighted by atomic mass is 9.99. The molecule has 0 aliphatic rings. The zero-order chi connectivity index (χ0) is 14.5. The molecule has 0 radical (unpaired) electrons. The average molecular weight is 272 g/mol. The molecule has 1 rings (SSSR count). The Labute approximate surface area is 111 Å². The van der Waals surface area contributed by atoms with Crippen molar-refractivity contribution < 1.29 is 23.4 Å². The minimum absolute atomic E-state index is 0.0823. The average Bonchev–Trinajstić information content (AvgIpc) is 2.34. The summed E-state index contributed by atoms with van der Waals surface area (Å²) in [4.78, 5) is 10.3. The molecule has 3 nitrogen and oxygen atoms in total. The van der Waals surface area contributed by atoms with Gasteiger partial charge in [-0.3, -0.25) is 4.79 Å². The van der Waals surface area contributed by atoms with Crippen LogP contribution in [-0.4, -0.2) is 18.2 Å². The third-order valence-corrected chi connectivity index (χ3v) is 2.88. The van der Waals surface area contributed by atoms with Crippen LogP contribution in [-0.2, 0) is 10.7 Å². The van der Waals surface area contributed by atoms with Crippen molar-refractivity contribution in [2.45, 2.75) is 38.5 Å². The van der Waals surface area contributed by atoms with Crippen LogP contribution in [0.15, 0.2) is 18.2 Å². The molecular formula is C14H18F2O3. The number of carboxylic acids is 1. The first-order valence-electron chi connectivity index (χ1n) is 6.11. The minimum Gasteiger partial charge on any atom is -0.496 e. The molecule has 0 spiro atoms. The van der Waals surface area contributed by atoms with E-state index in [1.54, 1.807) is 13.0 Å². The van der Waals surface area contributed by atoms with Gasteiger partial charge in [0.1, 0.15) is 5.75 Å². The number of hydrogen-bond acceptors (Lipinski definition) is 2. The highest BCUT2D eigenvalue weighted by molar-refractivity contribution is 5.66. The number of aliphatic carboxylic acids is 1. The highest BCUT2D eigenvalue weighted by atomic mass is 19.3. The van der Waals surface area contributed by atoms with Gasteiger partial charge in [0, 0.05) is 12.8 Å². The van der Waals surface area contributed by atoms with E-state index in [0.717, 1.165) is 5.56 Å². The van der Waals surface area contributed by atoms with E-state index in [2.05, 4.69) is 0 Å². The summed E-state index contributed by atoms with van der Waals surface area (Å²) in [6.45, 7) is 1.74. The molecule has 1 aromatic carbocycles. The van der Waals surface area contributed by atoms with Crippen molar-refractivity contribution >= 4 is 5.97 Å². The van der Waals surface area contributed by atoms with Gasteiger partial charge in [-0.2, -0.15) is 0 Å². The smallest absolute Gasteiger partial charge is 0.303 e. The molecule has 0 bridgehead atoms. The van der Waals surface area contributed by atoms with Crippen LogP contribution >= 0.6 is 0 Å². The normalized spacial score (nSPS) is 11.4. The van der Waals surface area contributed by atoms with E-state index in [0.29, 0.717) is 0 Å².